The van der Waals surface area contributed by atoms with Crippen molar-refractivity contribution in [1.29, 1.82) is 0 Å². The molecule has 0 saturated carbocycles. The van der Waals surface area contributed by atoms with E-state index in [-0.39, 0.29) is 0 Å². The van der Waals surface area contributed by atoms with Crippen LogP contribution in [0.25, 0.3) is 42.8 Å². The fourth-order valence-corrected chi connectivity index (χ4v) is 3.08. The van der Waals surface area contributed by atoms with Crippen molar-refractivity contribution in [3.05, 3.63) is 70.6 Å². The molecule has 0 aromatic heterocycles. The summed E-state index contributed by atoms with van der Waals surface area (Å²) in [6.45, 7) is 0.389. The topological polar surface area (TPSA) is 48.8 Å². The van der Waals surface area contributed by atoms with E-state index < -0.39 is 0 Å². The predicted octanol–water partition coefficient (Wildman–Crippen LogP) is 5.39. The maximum atomic E-state index is 8.57. The minimum atomic E-state index is 0.389. The van der Waals surface area contributed by atoms with Crippen LogP contribution in [0.15, 0.2) is 59.7 Å². The smallest absolute Gasteiger partial charge is 0.0517 e. The highest BCUT2D eigenvalue weighted by atomic mass is 15.1. The summed E-state index contributed by atoms with van der Waals surface area (Å²) in [6.07, 6.45) is 0. The zero-order valence-corrected chi connectivity index (χ0v) is 10.7. The molecular formula is C17H11N3. The van der Waals surface area contributed by atoms with Gasteiger partial charge in [0.1, 0.15) is 0 Å². The fourth-order valence-electron chi connectivity index (χ4n) is 3.08. The molecule has 0 aliphatic rings. The molecule has 0 N–H and O–H groups in total. The second-order valence-corrected chi connectivity index (χ2v) is 4.97. The lowest BCUT2D eigenvalue weighted by Gasteiger charge is -2.13. The Morgan fingerprint density at radius 1 is 0.850 bits per heavy atom. The van der Waals surface area contributed by atoms with Crippen molar-refractivity contribution in [2.45, 2.75) is 6.54 Å². The Morgan fingerprint density at radius 2 is 1.55 bits per heavy atom. The quantitative estimate of drug-likeness (QED) is 0.200. The zero-order chi connectivity index (χ0) is 13.5. The van der Waals surface area contributed by atoms with Gasteiger partial charge in [-0.3, -0.25) is 0 Å². The Labute approximate surface area is 115 Å². The van der Waals surface area contributed by atoms with Crippen LogP contribution in [0.1, 0.15) is 5.56 Å². The Kier molecular flexibility index (Phi) is 2.28. The lowest BCUT2D eigenvalue weighted by molar-refractivity contribution is 1.06. The highest BCUT2D eigenvalue weighted by Gasteiger charge is 2.10. The van der Waals surface area contributed by atoms with Gasteiger partial charge in [-0.2, -0.15) is 0 Å². The first-order valence-corrected chi connectivity index (χ1v) is 6.55. The van der Waals surface area contributed by atoms with Crippen LogP contribution in [0.3, 0.4) is 0 Å². The summed E-state index contributed by atoms with van der Waals surface area (Å²) in [7, 11) is 0. The molecule has 3 nitrogen and oxygen atoms in total. The molecule has 0 spiro atoms. The number of rotatable bonds is 2. The van der Waals surface area contributed by atoms with E-state index in [2.05, 4.69) is 64.6 Å². The first-order valence-electron chi connectivity index (χ1n) is 6.55. The minimum absolute atomic E-state index is 0.389. The molecule has 94 valence electrons. The van der Waals surface area contributed by atoms with Crippen molar-refractivity contribution < 1.29 is 0 Å². The van der Waals surface area contributed by atoms with Crippen molar-refractivity contribution in [2.24, 2.45) is 5.11 Å². The molecule has 0 heterocycles. The SMILES string of the molecule is [N-]=[N+]=NCc1cc2cccc3ccc4cccc1c4c32. The fraction of sp³-hybridized carbons (Fsp3) is 0.0588. The van der Waals surface area contributed by atoms with Crippen LogP contribution in [0.2, 0.25) is 0 Å². The van der Waals surface area contributed by atoms with Gasteiger partial charge >= 0.3 is 0 Å². The van der Waals surface area contributed by atoms with Crippen LogP contribution >= 0.6 is 0 Å². The molecule has 0 radical (unpaired) electrons. The number of nitrogens with zero attached hydrogens (tertiary/aromatic N) is 3. The van der Waals surface area contributed by atoms with Gasteiger partial charge in [-0.1, -0.05) is 59.7 Å². The normalized spacial score (nSPS) is 11.2. The summed E-state index contributed by atoms with van der Waals surface area (Å²) < 4.78 is 0. The molecule has 0 aliphatic carbocycles. The zero-order valence-electron chi connectivity index (χ0n) is 10.7. The second kappa shape index (κ2) is 4.12. The summed E-state index contributed by atoms with van der Waals surface area (Å²) in [5.41, 5.74) is 9.65. The Bertz CT molecular complexity index is 981. The van der Waals surface area contributed by atoms with E-state index in [4.69, 9.17) is 5.53 Å². The summed E-state index contributed by atoms with van der Waals surface area (Å²) in [5.74, 6) is 0. The van der Waals surface area contributed by atoms with E-state index >= 15 is 0 Å². The third-order valence-corrected chi connectivity index (χ3v) is 3.90. The predicted molar refractivity (Wildman–Crippen MR) is 83.0 cm³/mol. The molecule has 0 unspecified atom stereocenters. The number of azide groups is 1. The number of hydrogen-bond acceptors (Lipinski definition) is 1. The molecule has 0 fully saturated rings. The molecule has 3 heteroatoms. The standard InChI is InChI=1S/C17H11N3/c18-20-19-10-14-9-13-5-1-3-11-7-8-12-4-2-6-15(14)17(12)16(11)13/h1-9H,10H2. The first kappa shape index (κ1) is 11.1. The van der Waals surface area contributed by atoms with E-state index in [9.17, 15) is 0 Å². The Balaban J connectivity index is 2.27. The largest absolute Gasteiger partial charge is 0.0893 e. The third-order valence-electron chi connectivity index (χ3n) is 3.90. The van der Waals surface area contributed by atoms with Crippen molar-refractivity contribution in [2.75, 3.05) is 0 Å². The summed E-state index contributed by atoms with van der Waals surface area (Å²) >= 11 is 0. The summed E-state index contributed by atoms with van der Waals surface area (Å²) in [5, 5.41) is 11.2. The van der Waals surface area contributed by atoms with Crippen LogP contribution in [-0.2, 0) is 6.54 Å². The molecule has 4 aromatic rings. The average Bonchev–Trinajstić information content (AvgIpc) is 2.51. The second-order valence-electron chi connectivity index (χ2n) is 4.97. The maximum Gasteiger partial charge on any atom is 0.0517 e. The molecule has 4 aromatic carbocycles. The summed E-state index contributed by atoms with van der Waals surface area (Å²) in [4.78, 5) is 2.88. The number of benzene rings is 4. The Hall–Kier alpha value is -2.77. The molecule has 0 atom stereocenters. The first-order chi connectivity index (χ1) is 9.88. The Morgan fingerprint density at radius 3 is 2.35 bits per heavy atom. The highest BCUT2D eigenvalue weighted by Crippen LogP contribution is 2.36. The van der Waals surface area contributed by atoms with Crippen LogP contribution in [0, 0.1) is 0 Å². The molecule has 0 amide bonds. The van der Waals surface area contributed by atoms with E-state index in [1.165, 1.54) is 32.3 Å². The molecule has 0 bridgehead atoms. The van der Waals surface area contributed by atoms with Gasteiger partial charge in [-0.15, -0.1) is 0 Å². The lowest BCUT2D eigenvalue weighted by atomic mass is 9.91. The van der Waals surface area contributed by atoms with Crippen LogP contribution in [-0.4, -0.2) is 0 Å². The van der Waals surface area contributed by atoms with E-state index in [1.807, 2.05) is 0 Å². The van der Waals surface area contributed by atoms with E-state index in [0.717, 1.165) is 5.56 Å². The van der Waals surface area contributed by atoms with Gasteiger partial charge in [0, 0.05) is 4.91 Å². The molecule has 20 heavy (non-hydrogen) atoms. The molecule has 0 saturated heterocycles. The average molecular weight is 257 g/mol. The van der Waals surface area contributed by atoms with Crippen LogP contribution < -0.4 is 0 Å². The molecule has 4 rings (SSSR count). The van der Waals surface area contributed by atoms with E-state index in [1.54, 1.807) is 0 Å². The molecule has 0 aliphatic heterocycles. The van der Waals surface area contributed by atoms with Gasteiger partial charge in [0.15, 0.2) is 0 Å². The van der Waals surface area contributed by atoms with Crippen molar-refractivity contribution in [1.82, 2.24) is 0 Å². The highest BCUT2D eigenvalue weighted by molar-refractivity contribution is 6.23. The molecular weight excluding hydrogens is 246 g/mol. The van der Waals surface area contributed by atoms with Gasteiger partial charge in [0.25, 0.3) is 0 Å². The van der Waals surface area contributed by atoms with Crippen molar-refractivity contribution >= 4 is 32.3 Å². The van der Waals surface area contributed by atoms with E-state index in [0.29, 0.717) is 6.54 Å². The number of hydrogen-bond donors (Lipinski definition) is 0. The van der Waals surface area contributed by atoms with Gasteiger partial charge in [0.05, 0.1) is 6.54 Å². The van der Waals surface area contributed by atoms with Crippen molar-refractivity contribution in [3.63, 3.8) is 0 Å². The van der Waals surface area contributed by atoms with Gasteiger partial charge in [-0.05, 0) is 43.4 Å². The minimum Gasteiger partial charge on any atom is -0.0893 e. The third kappa shape index (κ3) is 1.44. The van der Waals surface area contributed by atoms with Crippen LogP contribution in [0.5, 0.6) is 0 Å². The lowest BCUT2D eigenvalue weighted by Crippen LogP contribution is -1.89. The monoisotopic (exact) mass is 257 g/mol. The summed E-state index contributed by atoms with van der Waals surface area (Å²) in [6, 6.07) is 19.1. The van der Waals surface area contributed by atoms with Gasteiger partial charge < -0.3 is 0 Å². The van der Waals surface area contributed by atoms with Gasteiger partial charge in [-0.25, -0.2) is 0 Å². The van der Waals surface area contributed by atoms with Gasteiger partial charge in [0.2, 0.25) is 0 Å². The van der Waals surface area contributed by atoms with Crippen molar-refractivity contribution in [3.8, 4) is 0 Å². The van der Waals surface area contributed by atoms with Crippen LogP contribution in [0.4, 0.5) is 0 Å². The maximum absolute atomic E-state index is 8.57.